The van der Waals surface area contributed by atoms with Gasteiger partial charge in [0.15, 0.2) is 11.5 Å². The predicted octanol–water partition coefficient (Wildman–Crippen LogP) is 5.14. The molecule has 0 aliphatic carbocycles. The number of hydrogen-bond donors (Lipinski definition) is 1. The van der Waals surface area contributed by atoms with E-state index in [1.807, 2.05) is 51.4 Å². The van der Waals surface area contributed by atoms with Crippen molar-refractivity contribution in [3.05, 3.63) is 65.5 Å². The summed E-state index contributed by atoms with van der Waals surface area (Å²) >= 11 is 0. The summed E-state index contributed by atoms with van der Waals surface area (Å²) in [5.74, 6) is -0.158. The number of ether oxygens (including phenoxy) is 2. The zero-order valence-electron chi connectivity index (χ0n) is 16.3. The molecule has 2 heterocycles. The van der Waals surface area contributed by atoms with Gasteiger partial charge in [0, 0.05) is 18.9 Å². The Morgan fingerprint density at radius 1 is 1.14 bits per heavy atom. The number of halogens is 2. The number of nitrogens with one attached hydrogen (secondary N) is 1. The number of alkyl halides is 2. The molecule has 0 saturated carbocycles. The van der Waals surface area contributed by atoms with Crippen LogP contribution in [0.5, 0.6) is 11.5 Å². The third-order valence-electron chi connectivity index (χ3n) is 4.97. The lowest BCUT2D eigenvalue weighted by atomic mass is 9.96. The largest absolute Gasteiger partial charge is 0.586 e. The van der Waals surface area contributed by atoms with Crippen molar-refractivity contribution in [2.24, 2.45) is 7.05 Å². The predicted molar refractivity (Wildman–Crippen MR) is 106 cm³/mol. The molecule has 0 spiro atoms. The molecule has 0 atom stereocenters. The number of rotatable bonds is 4. The van der Waals surface area contributed by atoms with E-state index in [0.29, 0.717) is 17.8 Å². The van der Waals surface area contributed by atoms with Crippen LogP contribution < -0.4 is 14.8 Å². The van der Waals surface area contributed by atoms with Crippen molar-refractivity contribution < 1.29 is 23.0 Å². The van der Waals surface area contributed by atoms with E-state index in [9.17, 15) is 13.6 Å². The summed E-state index contributed by atoms with van der Waals surface area (Å²) in [6.07, 6.45) is -1.14. The lowest BCUT2D eigenvalue weighted by Gasteiger charge is -2.14. The third-order valence-corrected chi connectivity index (χ3v) is 4.97. The van der Waals surface area contributed by atoms with Crippen LogP contribution in [0.4, 0.5) is 14.5 Å². The van der Waals surface area contributed by atoms with Gasteiger partial charge in [-0.05, 0) is 72.0 Å². The molecule has 2 aromatic carbocycles. The maximum atomic E-state index is 13.4. The lowest BCUT2D eigenvalue weighted by molar-refractivity contribution is -0.286. The van der Waals surface area contributed by atoms with Gasteiger partial charge in [-0.2, -0.15) is 0 Å². The van der Waals surface area contributed by atoms with Crippen molar-refractivity contribution >= 4 is 11.6 Å². The van der Waals surface area contributed by atoms with E-state index in [-0.39, 0.29) is 17.4 Å². The maximum absolute atomic E-state index is 13.4. The number of carbonyl (C=O) groups excluding carboxylic acids is 1. The Kier molecular flexibility index (Phi) is 4.53. The van der Waals surface area contributed by atoms with Crippen LogP contribution in [-0.4, -0.2) is 16.8 Å². The second kappa shape index (κ2) is 6.92. The Bertz CT molecular complexity index is 1110. The van der Waals surface area contributed by atoms with Crippen LogP contribution in [-0.2, 0) is 13.5 Å². The number of aromatic nitrogens is 1. The number of amides is 1. The Morgan fingerprint density at radius 2 is 1.86 bits per heavy atom. The van der Waals surface area contributed by atoms with Crippen molar-refractivity contribution in [2.45, 2.75) is 26.6 Å². The minimum atomic E-state index is -3.65. The van der Waals surface area contributed by atoms with Crippen LogP contribution in [0, 0.1) is 6.92 Å². The molecule has 1 aliphatic rings. The normalized spacial score (nSPS) is 14.1. The number of hydrogen-bond acceptors (Lipinski definition) is 3. The van der Waals surface area contributed by atoms with Crippen LogP contribution in [0.25, 0.3) is 11.1 Å². The van der Waals surface area contributed by atoms with E-state index < -0.39 is 6.29 Å². The molecule has 0 unspecified atom stereocenters. The van der Waals surface area contributed by atoms with Crippen molar-refractivity contribution in [2.75, 3.05) is 5.32 Å². The molecule has 4 rings (SSSR count). The second-order valence-electron chi connectivity index (χ2n) is 6.97. The highest BCUT2D eigenvalue weighted by Gasteiger charge is 2.43. The van der Waals surface area contributed by atoms with Gasteiger partial charge < -0.3 is 19.4 Å². The molecule has 0 bridgehead atoms. The van der Waals surface area contributed by atoms with Gasteiger partial charge in [-0.1, -0.05) is 13.0 Å². The van der Waals surface area contributed by atoms with Crippen LogP contribution in [0.15, 0.2) is 48.7 Å². The molecular formula is C22H20F2N2O3. The average Bonchev–Trinajstić information content (AvgIpc) is 3.22. The zero-order valence-corrected chi connectivity index (χ0v) is 16.3. The van der Waals surface area contributed by atoms with Crippen molar-refractivity contribution in [1.29, 1.82) is 0 Å². The van der Waals surface area contributed by atoms with Crippen LogP contribution in [0.3, 0.4) is 0 Å². The number of benzene rings is 2. The third kappa shape index (κ3) is 3.55. The number of nitrogens with zero attached hydrogens (tertiary/aromatic N) is 1. The summed E-state index contributed by atoms with van der Waals surface area (Å²) in [6, 6.07) is 12.3. The molecule has 1 aliphatic heterocycles. The van der Waals surface area contributed by atoms with Gasteiger partial charge in [0.05, 0.1) is 0 Å². The Balaban J connectivity index is 1.66. The fraction of sp³-hybridized carbons (Fsp3) is 0.227. The molecule has 150 valence electrons. The van der Waals surface area contributed by atoms with Crippen molar-refractivity contribution in [3.63, 3.8) is 0 Å². The fourth-order valence-corrected chi connectivity index (χ4v) is 3.47. The van der Waals surface area contributed by atoms with Gasteiger partial charge >= 0.3 is 6.29 Å². The van der Waals surface area contributed by atoms with E-state index in [1.165, 1.54) is 0 Å². The molecule has 3 aromatic rings. The molecule has 5 nitrogen and oxygen atoms in total. The van der Waals surface area contributed by atoms with Crippen LogP contribution in [0.1, 0.15) is 28.5 Å². The molecule has 0 fully saturated rings. The SMILES string of the molecule is CCc1cc(-c2cc3c(cc2C)OC(F)(F)O3)ccc1NC(=O)c1cccn1C. The molecular weight excluding hydrogens is 378 g/mol. The zero-order chi connectivity index (χ0) is 20.8. The van der Waals surface area contributed by atoms with Crippen molar-refractivity contribution in [3.8, 4) is 22.6 Å². The molecule has 1 N–H and O–H groups in total. The summed E-state index contributed by atoms with van der Waals surface area (Å²) < 4.78 is 37.6. The van der Waals surface area contributed by atoms with Crippen molar-refractivity contribution in [1.82, 2.24) is 4.57 Å². The molecule has 1 aromatic heterocycles. The molecule has 0 saturated heterocycles. The number of fused-ring (bicyclic) bond motifs is 1. The van der Waals surface area contributed by atoms with E-state index in [0.717, 1.165) is 22.3 Å². The van der Waals surface area contributed by atoms with Gasteiger partial charge in [0.25, 0.3) is 5.91 Å². The highest BCUT2D eigenvalue weighted by Crippen LogP contribution is 2.44. The van der Waals surface area contributed by atoms with Gasteiger partial charge in [-0.3, -0.25) is 4.79 Å². The molecule has 0 radical (unpaired) electrons. The number of carbonyl (C=O) groups is 1. The first-order valence-corrected chi connectivity index (χ1v) is 9.24. The monoisotopic (exact) mass is 398 g/mol. The van der Waals surface area contributed by atoms with E-state index in [2.05, 4.69) is 14.8 Å². The number of anilines is 1. The Labute approximate surface area is 166 Å². The highest BCUT2D eigenvalue weighted by molar-refractivity contribution is 6.03. The summed E-state index contributed by atoms with van der Waals surface area (Å²) in [5.41, 5.74) is 4.61. The minimum absolute atomic E-state index is 0.00901. The van der Waals surface area contributed by atoms with E-state index >= 15 is 0 Å². The fourth-order valence-electron chi connectivity index (χ4n) is 3.47. The van der Waals surface area contributed by atoms with Gasteiger partial charge in [-0.25, -0.2) is 0 Å². The highest BCUT2D eigenvalue weighted by atomic mass is 19.3. The topological polar surface area (TPSA) is 52.5 Å². The lowest BCUT2D eigenvalue weighted by Crippen LogP contribution is -2.25. The summed E-state index contributed by atoms with van der Waals surface area (Å²) in [5, 5.41) is 2.95. The first-order valence-electron chi connectivity index (χ1n) is 9.24. The Hall–Kier alpha value is -3.35. The maximum Gasteiger partial charge on any atom is 0.586 e. The quantitative estimate of drug-likeness (QED) is 0.662. The molecule has 1 amide bonds. The molecule has 7 heteroatoms. The van der Waals surface area contributed by atoms with Gasteiger partial charge in [-0.15, -0.1) is 8.78 Å². The van der Waals surface area contributed by atoms with E-state index in [1.54, 1.807) is 22.8 Å². The van der Waals surface area contributed by atoms with Gasteiger partial charge in [0.1, 0.15) is 5.69 Å². The second-order valence-corrected chi connectivity index (χ2v) is 6.97. The summed E-state index contributed by atoms with van der Waals surface area (Å²) in [6.45, 7) is 3.82. The first-order chi connectivity index (χ1) is 13.8. The average molecular weight is 398 g/mol. The summed E-state index contributed by atoms with van der Waals surface area (Å²) in [4.78, 5) is 12.5. The summed E-state index contributed by atoms with van der Waals surface area (Å²) in [7, 11) is 1.81. The Morgan fingerprint density at radius 3 is 2.52 bits per heavy atom. The standard InChI is InChI=1S/C22H20F2N2O3/c1-4-14-11-15(7-8-17(14)25-21(27)18-6-5-9-26(18)3)16-12-20-19(10-13(16)2)28-22(23,24)29-20/h5-12H,4H2,1-3H3,(H,25,27). The van der Waals surface area contributed by atoms with Crippen LogP contribution >= 0.6 is 0 Å². The first kappa shape index (κ1) is 19.0. The smallest absolute Gasteiger partial charge is 0.395 e. The van der Waals surface area contributed by atoms with Crippen LogP contribution in [0.2, 0.25) is 0 Å². The molecule has 29 heavy (non-hydrogen) atoms. The van der Waals surface area contributed by atoms with Gasteiger partial charge in [0.2, 0.25) is 0 Å². The van der Waals surface area contributed by atoms with E-state index in [4.69, 9.17) is 0 Å². The number of aryl methyl sites for hydroxylation is 3. The minimum Gasteiger partial charge on any atom is -0.395 e.